The fraction of sp³-hybridized carbons (Fsp3) is 0.0588. The van der Waals surface area contributed by atoms with Gasteiger partial charge in [0.05, 0.1) is 5.56 Å². The monoisotopic (exact) mass is 378 g/mol. The molecule has 0 radical (unpaired) electrons. The van der Waals surface area contributed by atoms with Gasteiger partial charge in [-0.1, -0.05) is 24.3 Å². The molecular weight excluding hydrogens is 365 g/mol. The number of aromatic amines is 1. The number of nitrogens with one attached hydrogen (secondary N) is 2. The molecule has 0 saturated heterocycles. The van der Waals surface area contributed by atoms with E-state index >= 15 is 0 Å². The van der Waals surface area contributed by atoms with E-state index in [1.54, 1.807) is 18.2 Å². The number of amides is 3. The van der Waals surface area contributed by atoms with E-state index in [1.165, 1.54) is 24.3 Å². The minimum absolute atomic E-state index is 0.0658. The van der Waals surface area contributed by atoms with Gasteiger partial charge in [0.2, 0.25) is 0 Å². The number of primary amides is 2. The summed E-state index contributed by atoms with van der Waals surface area (Å²) >= 11 is 0. The summed E-state index contributed by atoms with van der Waals surface area (Å²) in [6.45, 7) is 0. The van der Waals surface area contributed by atoms with Crippen molar-refractivity contribution in [1.82, 2.24) is 4.98 Å². The standard InChI is InChI=1S/C17H13F3N4O3/c18-17(19,20)27-10-4-1-8(2-5-10)9-3-6-11-12(7-9)23-15(24-16(22)26)13(11)14(21)25/h1-7,23H,(H2,21,25)(H3,22,24,26). The van der Waals surface area contributed by atoms with Gasteiger partial charge in [0.25, 0.3) is 5.91 Å². The highest BCUT2D eigenvalue weighted by atomic mass is 19.4. The van der Waals surface area contributed by atoms with Crippen molar-refractivity contribution in [1.29, 1.82) is 0 Å². The first-order valence-corrected chi connectivity index (χ1v) is 7.52. The third kappa shape index (κ3) is 3.94. The molecule has 0 bridgehead atoms. The number of urea groups is 1. The average Bonchev–Trinajstić information content (AvgIpc) is 2.90. The summed E-state index contributed by atoms with van der Waals surface area (Å²) in [5.41, 5.74) is 12.3. The Bertz CT molecular complexity index is 1030. The highest BCUT2D eigenvalue weighted by molar-refractivity contribution is 6.13. The molecule has 1 heterocycles. The van der Waals surface area contributed by atoms with Crippen molar-refractivity contribution in [3.05, 3.63) is 48.0 Å². The second kappa shape index (κ2) is 6.56. The van der Waals surface area contributed by atoms with Crippen LogP contribution in [0, 0.1) is 0 Å². The first kappa shape index (κ1) is 18.1. The number of carbonyl (C=O) groups excluding carboxylic acids is 2. The van der Waals surface area contributed by atoms with Crippen LogP contribution in [0.25, 0.3) is 22.0 Å². The summed E-state index contributed by atoms with van der Waals surface area (Å²) in [4.78, 5) is 25.6. The number of fused-ring (bicyclic) bond motifs is 1. The molecule has 3 rings (SSSR count). The Hall–Kier alpha value is -3.69. The van der Waals surface area contributed by atoms with Crippen LogP contribution in [0.3, 0.4) is 0 Å². The van der Waals surface area contributed by atoms with E-state index in [2.05, 4.69) is 15.0 Å². The van der Waals surface area contributed by atoms with Crippen LogP contribution in [0.2, 0.25) is 0 Å². The highest BCUT2D eigenvalue weighted by Gasteiger charge is 2.31. The fourth-order valence-electron chi connectivity index (χ4n) is 2.70. The fourth-order valence-corrected chi connectivity index (χ4v) is 2.70. The number of carbonyl (C=O) groups is 2. The lowest BCUT2D eigenvalue weighted by Gasteiger charge is -2.09. The number of hydrogen-bond donors (Lipinski definition) is 4. The number of aromatic nitrogens is 1. The normalized spacial score (nSPS) is 11.4. The summed E-state index contributed by atoms with van der Waals surface area (Å²) in [5.74, 6) is -1.03. The predicted octanol–water partition coefficient (Wildman–Crippen LogP) is 3.32. The van der Waals surface area contributed by atoms with E-state index in [4.69, 9.17) is 11.5 Å². The van der Waals surface area contributed by atoms with E-state index in [-0.39, 0.29) is 17.1 Å². The Balaban J connectivity index is 1.99. The SMILES string of the molecule is NC(=O)Nc1[nH]c2cc(-c3ccc(OC(F)(F)F)cc3)ccc2c1C(N)=O. The van der Waals surface area contributed by atoms with Crippen molar-refractivity contribution in [3.8, 4) is 16.9 Å². The van der Waals surface area contributed by atoms with Crippen LogP contribution in [0.1, 0.15) is 10.4 Å². The number of H-pyrrole nitrogens is 1. The molecule has 27 heavy (non-hydrogen) atoms. The highest BCUT2D eigenvalue weighted by Crippen LogP contribution is 2.31. The van der Waals surface area contributed by atoms with E-state index in [0.29, 0.717) is 22.0 Å². The van der Waals surface area contributed by atoms with Crippen LogP contribution in [-0.2, 0) is 0 Å². The molecular formula is C17H13F3N4O3. The van der Waals surface area contributed by atoms with Crippen LogP contribution < -0.4 is 21.5 Å². The number of ether oxygens (including phenoxy) is 1. The molecule has 6 N–H and O–H groups in total. The quantitative estimate of drug-likeness (QED) is 0.557. The van der Waals surface area contributed by atoms with Gasteiger partial charge in [-0.2, -0.15) is 0 Å². The van der Waals surface area contributed by atoms with Crippen LogP contribution in [0.4, 0.5) is 23.8 Å². The first-order valence-electron chi connectivity index (χ1n) is 7.52. The van der Waals surface area contributed by atoms with Gasteiger partial charge in [0.1, 0.15) is 11.6 Å². The van der Waals surface area contributed by atoms with Crippen molar-refractivity contribution in [2.24, 2.45) is 11.5 Å². The van der Waals surface area contributed by atoms with Gasteiger partial charge in [-0.25, -0.2) is 4.79 Å². The smallest absolute Gasteiger partial charge is 0.406 e. The number of anilines is 1. The average molecular weight is 378 g/mol. The molecule has 0 atom stereocenters. The summed E-state index contributed by atoms with van der Waals surface area (Å²) in [7, 11) is 0. The summed E-state index contributed by atoms with van der Waals surface area (Å²) in [6.07, 6.45) is -4.76. The Kier molecular flexibility index (Phi) is 4.40. The minimum Gasteiger partial charge on any atom is -0.406 e. The summed E-state index contributed by atoms with van der Waals surface area (Å²) < 4.78 is 40.5. The van der Waals surface area contributed by atoms with Crippen LogP contribution in [-0.4, -0.2) is 23.3 Å². The molecule has 0 aliphatic heterocycles. The molecule has 0 aliphatic rings. The molecule has 0 aliphatic carbocycles. The molecule has 3 aromatic rings. The number of nitrogens with two attached hydrogens (primary N) is 2. The van der Waals surface area contributed by atoms with Crippen molar-refractivity contribution in [2.75, 3.05) is 5.32 Å². The second-order valence-electron chi connectivity index (χ2n) is 5.56. The van der Waals surface area contributed by atoms with E-state index < -0.39 is 18.3 Å². The number of alkyl halides is 3. The Morgan fingerprint density at radius 3 is 2.19 bits per heavy atom. The van der Waals surface area contributed by atoms with Crippen molar-refractivity contribution in [2.45, 2.75) is 6.36 Å². The zero-order valence-corrected chi connectivity index (χ0v) is 13.6. The largest absolute Gasteiger partial charge is 0.573 e. The molecule has 0 spiro atoms. The number of hydrogen-bond acceptors (Lipinski definition) is 3. The Labute approximate surface area is 150 Å². The predicted molar refractivity (Wildman–Crippen MR) is 92.1 cm³/mol. The molecule has 0 fully saturated rings. The summed E-state index contributed by atoms with van der Waals surface area (Å²) in [5, 5.41) is 2.76. The molecule has 2 aromatic carbocycles. The number of rotatable bonds is 4. The molecule has 7 nitrogen and oxygen atoms in total. The Morgan fingerprint density at radius 1 is 1.00 bits per heavy atom. The van der Waals surface area contributed by atoms with Gasteiger partial charge in [0.15, 0.2) is 0 Å². The van der Waals surface area contributed by atoms with Crippen LogP contribution in [0.5, 0.6) is 5.75 Å². The first-order chi connectivity index (χ1) is 12.6. The van der Waals surface area contributed by atoms with Crippen molar-refractivity contribution < 1.29 is 27.5 Å². The third-order valence-electron chi connectivity index (χ3n) is 3.71. The lowest BCUT2D eigenvalue weighted by molar-refractivity contribution is -0.274. The topological polar surface area (TPSA) is 123 Å². The molecule has 1 aromatic heterocycles. The van der Waals surface area contributed by atoms with Gasteiger partial charge < -0.3 is 21.2 Å². The molecule has 3 amide bonds. The van der Waals surface area contributed by atoms with Crippen LogP contribution in [0.15, 0.2) is 42.5 Å². The van der Waals surface area contributed by atoms with Gasteiger partial charge in [-0.15, -0.1) is 13.2 Å². The zero-order valence-electron chi connectivity index (χ0n) is 13.6. The maximum absolute atomic E-state index is 12.2. The van der Waals surface area contributed by atoms with Gasteiger partial charge >= 0.3 is 12.4 Å². The zero-order chi connectivity index (χ0) is 19.8. The van der Waals surface area contributed by atoms with Crippen molar-refractivity contribution >= 4 is 28.7 Å². The van der Waals surface area contributed by atoms with Crippen LogP contribution >= 0.6 is 0 Å². The maximum Gasteiger partial charge on any atom is 0.573 e. The molecule has 10 heteroatoms. The second-order valence-corrected chi connectivity index (χ2v) is 5.56. The maximum atomic E-state index is 12.2. The van der Waals surface area contributed by atoms with Gasteiger partial charge in [0, 0.05) is 10.9 Å². The third-order valence-corrected chi connectivity index (χ3v) is 3.71. The minimum atomic E-state index is -4.76. The number of halogens is 3. The van der Waals surface area contributed by atoms with E-state index in [9.17, 15) is 22.8 Å². The molecule has 140 valence electrons. The van der Waals surface area contributed by atoms with Gasteiger partial charge in [-0.05, 0) is 29.3 Å². The Morgan fingerprint density at radius 2 is 1.63 bits per heavy atom. The molecule has 0 unspecified atom stereocenters. The lowest BCUT2D eigenvalue weighted by Crippen LogP contribution is -2.22. The van der Waals surface area contributed by atoms with E-state index in [0.717, 1.165) is 0 Å². The lowest BCUT2D eigenvalue weighted by atomic mass is 10.0. The van der Waals surface area contributed by atoms with Crippen molar-refractivity contribution in [3.63, 3.8) is 0 Å². The summed E-state index contributed by atoms with van der Waals surface area (Å²) in [6, 6.07) is 9.36. The van der Waals surface area contributed by atoms with Gasteiger partial charge in [-0.3, -0.25) is 10.1 Å². The molecule has 0 saturated carbocycles. The van der Waals surface area contributed by atoms with E-state index in [1.807, 2.05) is 0 Å². The number of benzene rings is 2.